The quantitative estimate of drug-likeness (QED) is 0.259. The Morgan fingerprint density at radius 3 is 2.12 bits per heavy atom. The molecule has 206 valence electrons. The van der Waals surface area contributed by atoms with Crippen LogP contribution < -0.4 is 10.2 Å². The molecule has 1 heterocycles. The summed E-state index contributed by atoms with van der Waals surface area (Å²) >= 11 is 0. The number of carboxylic acid groups (broad SMARTS) is 1. The molecule has 5 rings (SSSR count). The molecular weight excluding hydrogens is 526 g/mol. The smallest absolute Gasteiger partial charge is 0.328 e. The number of halogens is 2. The number of carboxylic acids is 1. The fraction of sp³-hybridized carbons (Fsp3) is 0.121. The third-order valence-corrected chi connectivity index (χ3v) is 7.04. The van der Waals surface area contributed by atoms with Crippen LogP contribution >= 0.6 is 0 Å². The predicted molar refractivity (Wildman–Crippen MR) is 154 cm³/mol. The Bertz CT molecular complexity index is 1680. The molecule has 0 saturated heterocycles. The maximum atomic E-state index is 15.0. The minimum absolute atomic E-state index is 0.0121. The van der Waals surface area contributed by atoms with E-state index in [1.807, 2.05) is 43.3 Å². The normalized spacial score (nSPS) is 15.1. The lowest BCUT2D eigenvalue weighted by Gasteiger charge is -2.23. The third kappa shape index (κ3) is 5.63. The summed E-state index contributed by atoms with van der Waals surface area (Å²) in [4.78, 5) is 39.3. The summed E-state index contributed by atoms with van der Waals surface area (Å²) in [6.45, 7) is 1.67. The monoisotopic (exact) mass is 552 g/mol. The first-order valence-electron chi connectivity index (χ1n) is 13.0. The fourth-order valence-corrected chi connectivity index (χ4v) is 5.00. The minimum atomic E-state index is -3.44. The molecule has 4 aromatic carbocycles. The van der Waals surface area contributed by atoms with Gasteiger partial charge in [0.15, 0.2) is 0 Å². The van der Waals surface area contributed by atoms with E-state index < -0.39 is 29.8 Å². The number of aryl methyl sites for hydroxylation is 1. The molecule has 1 aliphatic heterocycles. The van der Waals surface area contributed by atoms with Crippen molar-refractivity contribution in [1.29, 1.82) is 0 Å². The van der Waals surface area contributed by atoms with E-state index >= 15 is 0 Å². The van der Waals surface area contributed by atoms with Crippen LogP contribution in [0.25, 0.3) is 16.7 Å². The first kappa shape index (κ1) is 27.5. The Morgan fingerprint density at radius 2 is 1.44 bits per heavy atom. The molecule has 1 aliphatic rings. The molecule has 2 N–H and O–H groups in total. The number of para-hydroxylation sites is 1. The van der Waals surface area contributed by atoms with Gasteiger partial charge in [0, 0.05) is 47.0 Å². The third-order valence-electron chi connectivity index (χ3n) is 7.04. The maximum absolute atomic E-state index is 15.0. The average Bonchev–Trinajstić information content (AvgIpc) is 3.07. The predicted octanol–water partition coefficient (Wildman–Crippen LogP) is 7.07. The van der Waals surface area contributed by atoms with Gasteiger partial charge in [-0.2, -0.15) is 0 Å². The number of hydrogen-bond acceptors (Lipinski definition) is 3. The number of hydrogen-bond donors (Lipinski definition) is 2. The summed E-state index contributed by atoms with van der Waals surface area (Å²) in [7, 11) is 0. The van der Waals surface area contributed by atoms with Crippen LogP contribution in [-0.2, 0) is 4.79 Å². The molecule has 6 nitrogen and oxygen atoms in total. The molecule has 0 atom stereocenters. The molecule has 41 heavy (non-hydrogen) atoms. The van der Waals surface area contributed by atoms with E-state index in [-0.39, 0.29) is 29.3 Å². The number of alkyl halides is 2. The number of nitrogens with one attached hydrogen (secondary N) is 1. The molecule has 8 heteroatoms. The van der Waals surface area contributed by atoms with Gasteiger partial charge in [-0.1, -0.05) is 60.7 Å². The number of anilines is 2. The van der Waals surface area contributed by atoms with Crippen molar-refractivity contribution in [3.05, 3.63) is 125 Å². The molecule has 2 amide bonds. The number of fused-ring (bicyclic) bond motifs is 1. The zero-order valence-electron chi connectivity index (χ0n) is 22.1. The molecular formula is C33H26F2N2O4. The van der Waals surface area contributed by atoms with Crippen molar-refractivity contribution < 1.29 is 28.3 Å². The Labute approximate surface area is 235 Å². The van der Waals surface area contributed by atoms with Gasteiger partial charge in [-0.25, -0.2) is 13.6 Å². The van der Waals surface area contributed by atoms with Crippen LogP contribution in [-0.4, -0.2) is 35.4 Å². The summed E-state index contributed by atoms with van der Waals surface area (Å²) in [5, 5.41) is 12.1. The second-order valence-corrected chi connectivity index (χ2v) is 9.72. The molecule has 0 saturated carbocycles. The highest BCUT2D eigenvalue weighted by Gasteiger charge is 2.41. The van der Waals surface area contributed by atoms with Gasteiger partial charge in [-0.15, -0.1) is 0 Å². The number of amides is 2. The topological polar surface area (TPSA) is 86.7 Å². The summed E-state index contributed by atoms with van der Waals surface area (Å²) in [6, 6.07) is 27.3. The van der Waals surface area contributed by atoms with Crippen LogP contribution in [0.3, 0.4) is 0 Å². The number of allylic oxidation sites excluding steroid dienone is 1. The van der Waals surface area contributed by atoms with Crippen molar-refractivity contribution in [2.24, 2.45) is 0 Å². The van der Waals surface area contributed by atoms with E-state index in [1.165, 1.54) is 35.2 Å². The fourth-order valence-electron chi connectivity index (χ4n) is 5.00. The first-order chi connectivity index (χ1) is 19.7. The molecule has 0 aliphatic carbocycles. The van der Waals surface area contributed by atoms with Gasteiger partial charge in [0.2, 0.25) is 0 Å². The summed E-state index contributed by atoms with van der Waals surface area (Å²) < 4.78 is 29.9. The van der Waals surface area contributed by atoms with Crippen molar-refractivity contribution in [3.63, 3.8) is 0 Å². The van der Waals surface area contributed by atoms with Gasteiger partial charge in [0.05, 0.1) is 5.69 Å². The highest BCUT2D eigenvalue weighted by molar-refractivity contribution is 6.10. The summed E-state index contributed by atoms with van der Waals surface area (Å²) in [5.41, 5.74) is 3.51. The van der Waals surface area contributed by atoms with Crippen LogP contribution in [0, 0.1) is 6.92 Å². The van der Waals surface area contributed by atoms with E-state index in [0.717, 1.165) is 16.7 Å². The van der Waals surface area contributed by atoms with Gasteiger partial charge in [-0.3, -0.25) is 9.59 Å². The van der Waals surface area contributed by atoms with Crippen LogP contribution in [0.4, 0.5) is 20.2 Å². The van der Waals surface area contributed by atoms with Crippen molar-refractivity contribution in [1.82, 2.24) is 0 Å². The number of carbonyl (C=O) groups is 3. The molecule has 0 bridgehead atoms. The average molecular weight is 553 g/mol. The van der Waals surface area contributed by atoms with Crippen LogP contribution in [0.5, 0.6) is 0 Å². The van der Waals surface area contributed by atoms with E-state index in [9.17, 15) is 28.3 Å². The zero-order chi connectivity index (χ0) is 29.1. The van der Waals surface area contributed by atoms with Crippen molar-refractivity contribution in [3.8, 4) is 11.1 Å². The van der Waals surface area contributed by atoms with Gasteiger partial charge in [0.1, 0.15) is 0 Å². The lowest BCUT2D eigenvalue weighted by Crippen LogP contribution is -2.33. The number of carbonyl (C=O) groups excluding carboxylic acids is 2. The second kappa shape index (κ2) is 11.2. The van der Waals surface area contributed by atoms with E-state index in [0.29, 0.717) is 17.3 Å². The molecule has 4 aromatic rings. The zero-order valence-corrected chi connectivity index (χ0v) is 22.1. The molecule has 0 aromatic heterocycles. The van der Waals surface area contributed by atoms with Crippen LogP contribution in [0.2, 0.25) is 0 Å². The van der Waals surface area contributed by atoms with Gasteiger partial charge >= 0.3 is 5.97 Å². The highest BCUT2D eigenvalue weighted by atomic mass is 19.3. The van der Waals surface area contributed by atoms with Crippen molar-refractivity contribution >= 4 is 34.7 Å². The number of rotatable bonds is 5. The van der Waals surface area contributed by atoms with Gasteiger partial charge < -0.3 is 15.3 Å². The molecule has 0 fully saturated rings. The lowest BCUT2D eigenvalue weighted by molar-refractivity contribution is -0.131. The lowest BCUT2D eigenvalue weighted by atomic mass is 9.95. The maximum Gasteiger partial charge on any atom is 0.328 e. The van der Waals surface area contributed by atoms with Gasteiger partial charge in [0.25, 0.3) is 17.7 Å². The van der Waals surface area contributed by atoms with Crippen molar-refractivity contribution in [2.75, 3.05) is 16.8 Å². The highest BCUT2D eigenvalue weighted by Crippen LogP contribution is 2.43. The standard InChI is InChI=1S/C33H26F2N2O4/c1-21-8-2-3-9-24(21)25-10-4-5-11-26(25)31(40)36-23-16-14-22(15-17-23)32(41)37-19-18-33(34,35)28(20-30(38)39)27-12-6-7-13-29(27)37/h2-17,20H,18-19H2,1H3,(H,36,40)(H,38,39)/b28-20-. The number of aliphatic carboxylic acids is 1. The molecule has 0 spiro atoms. The summed E-state index contributed by atoms with van der Waals surface area (Å²) in [6.07, 6.45) is -0.234. The van der Waals surface area contributed by atoms with E-state index in [1.54, 1.807) is 30.3 Å². The second-order valence-electron chi connectivity index (χ2n) is 9.72. The van der Waals surface area contributed by atoms with Gasteiger partial charge in [-0.05, 0) is 60.0 Å². The summed E-state index contributed by atoms with van der Waals surface area (Å²) in [5.74, 6) is -5.77. The molecule has 0 radical (unpaired) electrons. The Morgan fingerprint density at radius 1 is 0.829 bits per heavy atom. The minimum Gasteiger partial charge on any atom is -0.478 e. The Kier molecular flexibility index (Phi) is 7.48. The van der Waals surface area contributed by atoms with E-state index in [4.69, 9.17) is 0 Å². The van der Waals surface area contributed by atoms with Crippen LogP contribution in [0.1, 0.15) is 38.3 Å². The first-order valence-corrected chi connectivity index (χ1v) is 13.0. The molecule has 0 unspecified atom stereocenters. The van der Waals surface area contributed by atoms with Crippen LogP contribution in [0.15, 0.2) is 103 Å². The largest absolute Gasteiger partial charge is 0.478 e. The Balaban J connectivity index is 1.39. The number of benzene rings is 4. The van der Waals surface area contributed by atoms with E-state index in [2.05, 4.69) is 5.32 Å². The Hall–Kier alpha value is -5.11. The SMILES string of the molecule is Cc1ccccc1-c1ccccc1C(=O)Nc1ccc(C(=O)N2CCC(F)(F)/C(=C\C(=O)O)c3ccccc32)cc1. The van der Waals surface area contributed by atoms with Crippen molar-refractivity contribution in [2.45, 2.75) is 19.3 Å². The number of nitrogens with zero attached hydrogens (tertiary/aromatic N) is 1.